The number of nitrogens with one attached hydrogen (secondary N) is 1. The van der Waals surface area contributed by atoms with E-state index in [0.717, 1.165) is 23.1 Å². The zero-order chi connectivity index (χ0) is 15.2. The van der Waals surface area contributed by atoms with Crippen molar-refractivity contribution in [3.8, 4) is 0 Å². The first kappa shape index (κ1) is 15.4. The van der Waals surface area contributed by atoms with Crippen molar-refractivity contribution in [2.45, 2.75) is 32.9 Å². The number of benzene rings is 1. The molecule has 0 aliphatic heterocycles. The molecule has 0 aliphatic carbocycles. The summed E-state index contributed by atoms with van der Waals surface area (Å²) in [6.07, 6.45) is 2.47. The molecule has 21 heavy (non-hydrogen) atoms. The van der Waals surface area contributed by atoms with Crippen LogP contribution in [0.1, 0.15) is 26.0 Å². The van der Waals surface area contributed by atoms with Gasteiger partial charge in [-0.3, -0.25) is 15.1 Å². The fraction of sp³-hybridized carbons (Fsp3) is 0.438. The number of fused-ring (bicyclic) bond motifs is 1. The minimum absolute atomic E-state index is 0.238. The summed E-state index contributed by atoms with van der Waals surface area (Å²) in [5.74, 6) is 0.168. The molecule has 5 nitrogen and oxygen atoms in total. The van der Waals surface area contributed by atoms with Crippen molar-refractivity contribution in [1.29, 1.82) is 0 Å². The summed E-state index contributed by atoms with van der Waals surface area (Å²) < 4.78 is 4.83. The molecule has 0 aliphatic rings. The molecule has 1 aromatic heterocycles. The lowest BCUT2D eigenvalue weighted by Crippen LogP contribution is -2.38. The van der Waals surface area contributed by atoms with Crippen molar-refractivity contribution in [2.75, 3.05) is 7.11 Å². The molecule has 5 heteroatoms. The minimum atomic E-state index is -0.316. The van der Waals surface area contributed by atoms with E-state index in [2.05, 4.69) is 29.1 Å². The molecule has 1 atom stereocenters. The van der Waals surface area contributed by atoms with Crippen molar-refractivity contribution in [3.63, 3.8) is 0 Å². The highest BCUT2D eigenvalue weighted by Gasteiger charge is 2.19. The summed E-state index contributed by atoms with van der Waals surface area (Å²) in [7, 11) is 1.41. The normalized spacial score (nSPS) is 12.6. The Kier molecular flexibility index (Phi) is 5.22. The molecule has 0 fully saturated rings. The van der Waals surface area contributed by atoms with Gasteiger partial charge in [0.15, 0.2) is 0 Å². The summed E-state index contributed by atoms with van der Waals surface area (Å²) >= 11 is 0. The summed E-state index contributed by atoms with van der Waals surface area (Å²) in [5, 5.41) is 3.21. The van der Waals surface area contributed by atoms with Gasteiger partial charge in [0, 0.05) is 6.54 Å². The van der Waals surface area contributed by atoms with Crippen LogP contribution in [0.15, 0.2) is 30.5 Å². The molecule has 0 spiro atoms. The quantitative estimate of drug-likeness (QED) is 0.826. The number of carbonyl (C=O) groups excluding carboxylic acids is 1. The number of esters is 1. The number of para-hydroxylation sites is 2. The molecule has 1 N–H and O–H groups in total. The zero-order valence-corrected chi connectivity index (χ0v) is 12.7. The van der Waals surface area contributed by atoms with Gasteiger partial charge in [-0.2, -0.15) is 0 Å². The van der Waals surface area contributed by atoms with Gasteiger partial charge in [-0.15, -0.1) is 0 Å². The van der Waals surface area contributed by atoms with Gasteiger partial charge in [-0.05, 0) is 24.5 Å². The van der Waals surface area contributed by atoms with Crippen LogP contribution in [0.5, 0.6) is 0 Å². The third-order valence-electron chi connectivity index (χ3n) is 3.22. The van der Waals surface area contributed by atoms with Crippen molar-refractivity contribution in [3.05, 3.63) is 36.2 Å². The molecule has 1 aromatic carbocycles. The Balaban J connectivity index is 2.06. The topological polar surface area (TPSA) is 64.1 Å². The molecule has 0 saturated heterocycles. The van der Waals surface area contributed by atoms with E-state index < -0.39 is 0 Å². The summed E-state index contributed by atoms with van der Waals surface area (Å²) in [6.45, 7) is 4.64. The van der Waals surface area contributed by atoms with Gasteiger partial charge in [0.1, 0.15) is 6.04 Å². The Morgan fingerprint density at radius 1 is 1.29 bits per heavy atom. The van der Waals surface area contributed by atoms with Crippen LogP contribution >= 0.6 is 0 Å². The number of hydrogen-bond donors (Lipinski definition) is 1. The van der Waals surface area contributed by atoms with Crippen LogP contribution in [0.25, 0.3) is 11.0 Å². The lowest BCUT2D eigenvalue weighted by molar-refractivity contribution is -0.143. The SMILES string of the molecule is COC(=O)C(CC(C)C)NCc1cnc2ccccc2n1. The maximum atomic E-state index is 11.8. The van der Waals surface area contributed by atoms with E-state index in [0.29, 0.717) is 12.5 Å². The van der Waals surface area contributed by atoms with Gasteiger partial charge in [-0.25, -0.2) is 4.98 Å². The van der Waals surface area contributed by atoms with Crippen molar-refractivity contribution in [1.82, 2.24) is 15.3 Å². The second-order valence-corrected chi connectivity index (χ2v) is 5.44. The fourth-order valence-electron chi connectivity index (χ4n) is 2.19. The highest BCUT2D eigenvalue weighted by atomic mass is 16.5. The second-order valence-electron chi connectivity index (χ2n) is 5.44. The first-order valence-corrected chi connectivity index (χ1v) is 7.12. The van der Waals surface area contributed by atoms with E-state index in [-0.39, 0.29) is 12.0 Å². The molecule has 2 aromatic rings. The maximum absolute atomic E-state index is 11.8. The van der Waals surface area contributed by atoms with Crippen LogP contribution in [0.4, 0.5) is 0 Å². The van der Waals surface area contributed by atoms with Gasteiger partial charge in [0.05, 0.1) is 30.0 Å². The second kappa shape index (κ2) is 7.13. The molecular weight excluding hydrogens is 266 g/mol. The zero-order valence-electron chi connectivity index (χ0n) is 12.7. The van der Waals surface area contributed by atoms with Gasteiger partial charge < -0.3 is 4.74 Å². The van der Waals surface area contributed by atoms with Crippen LogP contribution in [-0.4, -0.2) is 29.1 Å². The smallest absolute Gasteiger partial charge is 0.322 e. The standard InChI is InChI=1S/C16H21N3O2/c1-11(2)8-15(16(20)21-3)18-10-12-9-17-13-6-4-5-7-14(13)19-12/h4-7,9,11,15,18H,8,10H2,1-3H3. The number of nitrogens with zero attached hydrogens (tertiary/aromatic N) is 2. The molecule has 2 rings (SSSR count). The van der Waals surface area contributed by atoms with Crippen LogP contribution < -0.4 is 5.32 Å². The highest BCUT2D eigenvalue weighted by Crippen LogP contribution is 2.10. The van der Waals surface area contributed by atoms with Gasteiger partial charge >= 0.3 is 5.97 Å². The van der Waals surface area contributed by atoms with E-state index >= 15 is 0 Å². The number of hydrogen-bond acceptors (Lipinski definition) is 5. The maximum Gasteiger partial charge on any atom is 0.322 e. The predicted molar refractivity (Wildman–Crippen MR) is 81.6 cm³/mol. The Morgan fingerprint density at radius 3 is 2.67 bits per heavy atom. The number of methoxy groups -OCH3 is 1. The van der Waals surface area contributed by atoms with Crippen molar-refractivity contribution >= 4 is 17.0 Å². The van der Waals surface area contributed by atoms with Crippen molar-refractivity contribution < 1.29 is 9.53 Å². The molecule has 0 amide bonds. The molecule has 0 radical (unpaired) electrons. The largest absolute Gasteiger partial charge is 0.468 e. The van der Waals surface area contributed by atoms with Crippen LogP contribution in [0.3, 0.4) is 0 Å². The summed E-state index contributed by atoms with van der Waals surface area (Å²) in [5.41, 5.74) is 2.54. The monoisotopic (exact) mass is 287 g/mol. The summed E-state index contributed by atoms with van der Waals surface area (Å²) in [6, 6.07) is 7.41. The Hall–Kier alpha value is -2.01. The van der Waals surface area contributed by atoms with E-state index in [1.807, 2.05) is 24.3 Å². The number of rotatable bonds is 6. The van der Waals surface area contributed by atoms with E-state index in [1.165, 1.54) is 7.11 Å². The van der Waals surface area contributed by atoms with Crippen LogP contribution in [0.2, 0.25) is 0 Å². The molecular formula is C16H21N3O2. The number of ether oxygens (including phenoxy) is 1. The van der Waals surface area contributed by atoms with Crippen LogP contribution in [-0.2, 0) is 16.1 Å². The lowest BCUT2D eigenvalue weighted by Gasteiger charge is -2.18. The van der Waals surface area contributed by atoms with E-state index in [1.54, 1.807) is 6.20 Å². The van der Waals surface area contributed by atoms with E-state index in [9.17, 15) is 4.79 Å². The number of carbonyl (C=O) groups is 1. The third-order valence-corrected chi connectivity index (χ3v) is 3.22. The lowest BCUT2D eigenvalue weighted by atomic mass is 10.0. The molecule has 1 unspecified atom stereocenters. The minimum Gasteiger partial charge on any atom is -0.468 e. The third kappa shape index (κ3) is 4.23. The first-order valence-electron chi connectivity index (χ1n) is 7.12. The predicted octanol–water partition coefficient (Wildman–Crippen LogP) is 2.31. The molecule has 112 valence electrons. The Morgan fingerprint density at radius 2 is 2.00 bits per heavy atom. The Labute approximate surface area is 124 Å². The number of aromatic nitrogens is 2. The molecule has 0 bridgehead atoms. The first-order chi connectivity index (χ1) is 10.1. The summed E-state index contributed by atoms with van der Waals surface area (Å²) in [4.78, 5) is 20.7. The molecule has 0 saturated carbocycles. The van der Waals surface area contributed by atoms with Gasteiger partial charge in [0.2, 0.25) is 0 Å². The van der Waals surface area contributed by atoms with Gasteiger partial charge in [0.25, 0.3) is 0 Å². The average Bonchev–Trinajstić information content (AvgIpc) is 2.50. The Bertz CT molecular complexity index is 613. The fourth-order valence-corrected chi connectivity index (χ4v) is 2.19. The van der Waals surface area contributed by atoms with Gasteiger partial charge in [-0.1, -0.05) is 26.0 Å². The van der Waals surface area contributed by atoms with Crippen molar-refractivity contribution in [2.24, 2.45) is 5.92 Å². The van der Waals surface area contributed by atoms with Crippen LogP contribution in [0, 0.1) is 5.92 Å². The average molecular weight is 287 g/mol. The highest BCUT2D eigenvalue weighted by molar-refractivity contribution is 5.75. The van der Waals surface area contributed by atoms with E-state index in [4.69, 9.17) is 4.74 Å². The molecule has 1 heterocycles.